The van der Waals surface area contributed by atoms with Crippen LogP contribution in [-0.2, 0) is 11.2 Å². The number of alkyl halides is 3. The van der Waals surface area contributed by atoms with Crippen molar-refractivity contribution < 1.29 is 27.6 Å². The highest BCUT2D eigenvalue weighted by molar-refractivity contribution is 5.95. The minimum Gasteiger partial charge on any atom is -0.507 e. The lowest BCUT2D eigenvalue weighted by Gasteiger charge is -2.21. The molecule has 4 rings (SSSR count). The average Bonchev–Trinajstić information content (AvgIpc) is 3.27. The largest absolute Gasteiger partial charge is 0.507 e. The molecule has 0 bridgehead atoms. The van der Waals surface area contributed by atoms with Crippen LogP contribution in [0.15, 0.2) is 53.1 Å². The van der Waals surface area contributed by atoms with Crippen LogP contribution in [0.25, 0.3) is 22.5 Å². The van der Waals surface area contributed by atoms with E-state index in [-0.39, 0.29) is 11.4 Å². The number of anilines is 1. The van der Waals surface area contributed by atoms with E-state index in [9.17, 15) is 23.1 Å². The number of carbonyl (C=O) groups is 1. The van der Waals surface area contributed by atoms with Crippen LogP contribution in [0, 0.1) is 5.92 Å². The number of nitrogens with zero attached hydrogens (tertiary/aromatic N) is 1. The molecule has 3 aromatic rings. The van der Waals surface area contributed by atoms with Crippen LogP contribution in [-0.4, -0.2) is 35.4 Å². The van der Waals surface area contributed by atoms with Crippen molar-refractivity contribution in [2.75, 3.05) is 18.4 Å². The van der Waals surface area contributed by atoms with E-state index in [2.05, 4.69) is 10.5 Å². The van der Waals surface area contributed by atoms with Gasteiger partial charge in [-0.15, -0.1) is 0 Å². The molecule has 1 amide bonds. The number of halogens is 3. The van der Waals surface area contributed by atoms with Crippen molar-refractivity contribution in [1.29, 1.82) is 0 Å². The maximum Gasteiger partial charge on any atom is 0.471 e. The lowest BCUT2D eigenvalue weighted by molar-refractivity contribution is -0.167. The number of aromatic nitrogens is 1. The number of hydrogen-bond acceptors (Lipinski definition) is 5. The number of piperidine rings is 1. The summed E-state index contributed by atoms with van der Waals surface area (Å²) in [6.07, 6.45) is -0.802. The molecule has 1 aliphatic heterocycles. The Labute approximate surface area is 188 Å². The van der Waals surface area contributed by atoms with Crippen molar-refractivity contribution in [2.24, 2.45) is 5.92 Å². The van der Waals surface area contributed by atoms with E-state index in [1.54, 1.807) is 23.5 Å². The highest BCUT2D eigenvalue weighted by Crippen LogP contribution is 2.38. The number of para-hydroxylation sites is 1. The summed E-state index contributed by atoms with van der Waals surface area (Å²) in [5.74, 6) is -0.942. The number of amides is 1. The average molecular weight is 459 g/mol. The van der Waals surface area contributed by atoms with E-state index >= 15 is 0 Å². The molecule has 1 aliphatic rings. The summed E-state index contributed by atoms with van der Waals surface area (Å²) in [4.78, 5) is 11.1. The predicted octanol–water partition coefficient (Wildman–Crippen LogP) is 5.15. The van der Waals surface area contributed by atoms with Crippen molar-refractivity contribution in [2.45, 2.75) is 31.9 Å². The van der Waals surface area contributed by atoms with Crippen LogP contribution < -0.4 is 10.6 Å². The first-order chi connectivity index (χ1) is 15.8. The zero-order valence-electron chi connectivity index (χ0n) is 17.8. The first-order valence-electron chi connectivity index (χ1n) is 10.8. The molecule has 2 aromatic carbocycles. The Kier molecular flexibility index (Phi) is 6.69. The van der Waals surface area contributed by atoms with E-state index < -0.39 is 12.1 Å². The van der Waals surface area contributed by atoms with Gasteiger partial charge in [0.1, 0.15) is 5.75 Å². The normalized spacial score (nSPS) is 14.9. The minimum absolute atomic E-state index is 0.00495. The smallest absolute Gasteiger partial charge is 0.471 e. The molecule has 6 nitrogen and oxygen atoms in total. The van der Waals surface area contributed by atoms with Gasteiger partial charge in [-0.05, 0) is 68.5 Å². The Morgan fingerprint density at radius 1 is 1.12 bits per heavy atom. The zero-order valence-corrected chi connectivity index (χ0v) is 17.8. The Morgan fingerprint density at radius 2 is 1.82 bits per heavy atom. The third-order valence-corrected chi connectivity index (χ3v) is 5.84. The number of aryl methyl sites for hydroxylation is 1. The summed E-state index contributed by atoms with van der Waals surface area (Å²) in [6, 6.07) is 12.7. The van der Waals surface area contributed by atoms with E-state index in [0.717, 1.165) is 44.5 Å². The second-order valence-corrected chi connectivity index (χ2v) is 8.15. The number of rotatable bonds is 6. The molecule has 9 heteroatoms. The summed E-state index contributed by atoms with van der Waals surface area (Å²) < 4.78 is 42.7. The maximum atomic E-state index is 12.4. The van der Waals surface area contributed by atoms with Crippen LogP contribution in [0.5, 0.6) is 5.75 Å². The molecule has 0 atom stereocenters. The molecule has 174 valence electrons. The Morgan fingerprint density at radius 3 is 2.52 bits per heavy atom. The van der Waals surface area contributed by atoms with Crippen LogP contribution in [0.1, 0.15) is 25.0 Å². The van der Waals surface area contributed by atoms with E-state index in [0.29, 0.717) is 28.4 Å². The van der Waals surface area contributed by atoms with Gasteiger partial charge in [-0.2, -0.15) is 13.2 Å². The molecule has 33 heavy (non-hydrogen) atoms. The van der Waals surface area contributed by atoms with Crippen LogP contribution in [0.3, 0.4) is 0 Å². The highest BCUT2D eigenvalue weighted by Gasteiger charge is 2.38. The van der Waals surface area contributed by atoms with Gasteiger partial charge < -0.3 is 20.3 Å². The van der Waals surface area contributed by atoms with Gasteiger partial charge in [0.2, 0.25) is 0 Å². The first-order valence-corrected chi connectivity index (χ1v) is 10.8. The van der Waals surface area contributed by atoms with Crippen LogP contribution >= 0.6 is 0 Å². The lowest BCUT2D eigenvalue weighted by atomic mass is 9.92. The molecule has 0 radical (unpaired) electrons. The number of phenols is 1. The van der Waals surface area contributed by atoms with Gasteiger partial charge in [-0.25, -0.2) is 0 Å². The van der Waals surface area contributed by atoms with E-state index in [1.165, 1.54) is 24.3 Å². The summed E-state index contributed by atoms with van der Waals surface area (Å²) in [5.41, 5.74) is 2.37. The number of benzene rings is 2. The summed E-state index contributed by atoms with van der Waals surface area (Å²) in [7, 11) is 0. The molecule has 1 aromatic heterocycles. The van der Waals surface area contributed by atoms with Crippen LogP contribution in [0.2, 0.25) is 0 Å². The molecule has 1 fully saturated rings. The number of phenolic OH excluding ortho intramolecular Hbond substituents is 1. The summed E-state index contributed by atoms with van der Waals surface area (Å²) in [6.45, 7) is 2.09. The standard InChI is InChI=1S/C24H24F3N3O3/c25-24(26,27)23(32)29-17-8-5-16(6-9-17)19-2-1-3-20(22(19)31)21-14-18(30-33-21)7-4-15-10-12-28-13-11-15/h1-3,5-6,8-9,14-15,28,31H,4,7,10-13H2,(H,29,32). The summed E-state index contributed by atoms with van der Waals surface area (Å²) >= 11 is 0. The predicted molar refractivity (Wildman–Crippen MR) is 118 cm³/mol. The van der Waals surface area contributed by atoms with Crippen molar-refractivity contribution in [3.63, 3.8) is 0 Å². The van der Waals surface area contributed by atoms with E-state index in [4.69, 9.17) is 4.52 Å². The van der Waals surface area contributed by atoms with Crippen molar-refractivity contribution in [1.82, 2.24) is 10.5 Å². The molecule has 1 saturated heterocycles. The molecule has 0 aliphatic carbocycles. The zero-order chi connectivity index (χ0) is 23.4. The Hall–Kier alpha value is -3.33. The molecular weight excluding hydrogens is 435 g/mol. The van der Waals surface area contributed by atoms with Crippen molar-refractivity contribution in [3.05, 3.63) is 54.2 Å². The van der Waals surface area contributed by atoms with Crippen molar-refractivity contribution >= 4 is 11.6 Å². The fourth-order valence-corrected chi connectivity index (χ4v) is 3.99. The highest BCUT2D eigenvalue weighted by atomic mass is 19.4. The van der Waals surface area contributed by atoms with Gasteiger partial charge in [0.15, 0.2) is 5.76 Å². The quantitative estimate of drug-likeness (QED) is 0.475. The third-order valence-electron chi connectivity index (χ3n) is 5.84. The van der Waals surface area contributed by atoms with Gasteiger partial charge in [0, 0.05) is 17.3 Å². The monoisotopic (exact) mass is 459 g/mol. The molecule has 2 heterocycles. The van der Waals surface area contributed by atoms with Gasteiger partial charge in [0.05, 0.1) is 11.3 Å². The summed E-state index contributed by atoms with van der Waals surface area (Å²) in [5, 5.41) is 20.1. The number of aromatic hydroxyl groups is 1. The van der Waals surface area contributed by atoms with E-state index in [1.807, 2.05) is 6.07 Å². The Bertz CT molecular complexity index is 1100. The number of carbonyl (C=O) groups excluding carboxylic acids is 1. The molecule has 0 spiro atoms. The topological polar surface area (TPSA) is 87.4 Å². The van der Waals surface area contributed by atoms with Gasteiger partial charge in [-0.3, -0.25) is 4.79 Å². The SMILES string of the molecule is O=C(Nc1ccc(-c2cccc(-c3cc(CCC4CCNCC4)no3)c2O)cc1)C(F)(F)F. The molecule has 0 unspecified atom stereocenters. The number of nitrogens with one attached hydrogen (secondary N) is 2. The van der Waals surface area contributed by atoms with Crippen molar-refractivity contribution in [3.8, 4) is 28.2 Å². The molecule has 3 N–H and O–H groups in total. The third kappa shape index (κ3) is 5.54. The fourth-order valence-electron chi connectivity index (χ4n) is 3.99. The fraction of sp³-hybridized carbons (Fsp3) is 0.333. The van der Waals surface area contributed by atoms with Crippen LogP contribution in [0.4, 0.5) is 18.9 Å². The van der Waals surface area contributed by atoms with Gasteiger partial charge in [0.25, 0.3) is 0 Å². The maximum absolute atomic E-state index is 12.4. The second-order valence-electron chi connectivity index (χ2n) is 8.15. The molecular formula is C24H24F3N3O3. The first kappa shape index (κ1) is 22.8. The second kappa shape index (κ2) is 9.66. The Balaban J connectivity index is 1.48. The minimum atomic E-state index is -4.96. The van der Waals surface area contributed by atoms with Gasteiger partial charge in [-0.1, -0.05) is 29.4 Å². The van der Waals surface area contributed by atoms with Gasteiger partial charge >= 0.3 is 12.1 Å². The lowest BCUT2D eigenvalue weighted by Crippen LogP contribution is -2.29. The number of hydrogen-bond donors (Lipinski definition) is 3. The molecule has 0 saturated carbocycles.